The summed E-state index contributed by atoms with van der Waals surface area (Å²) in [5, 5.41) is 4.93. The average molecular weight is 293 g/mol. The Morgan fingerprint density at radius 2 is 2.24 bits per heavy atom. The summed E-state index contributed by atoms with van der Waals surface area (Å²) < 4.78 is 1.15. The SMILES string of the molecule is Cc1[nH]c2c(Br)cccc2c1CCNC1CC1. The van der Waals surface area contributed by atoms with E-state index in [9.17, 15) is 0 Å². The van der Waals surface area contributed by atoms with Gasteiger partial charge in [-0.3, -0.25) is 0 Å². The highest BCUT2D eigenvalue weighted by molar-refractivity contribution is 9.10. The summed E-state index contributed by atoms with van der Waals surface area (Å²) in [5.74, 6) is 0. The second-order valence-corrected chi connectivity index (χ2v) is 5.72. The van der Waals surface area contributed by atoms with Gasteiger partial charge < -0.3 is 10.3 Å². The summed E-state index contributed by atoms with van der Waals surface area (Å²) >= 11 is 3.60. The number of halogens is 1. The number of hydrogen-bond acceptors (Lipinski definition) is 1. The Morgan fingerprint density at radius 3 is 3.00 bits per heavy atom. The molecule has 1 saturated carbocycles. The Hall–Kier alpha value is -0.800. The van der Waals surface area contributed by atoms with Gasteiger partial charge in [0.25, 0.3) is 0 Å². The third kappa shape index (κ3) is 2.26. The molecular formula is C14H17BrN2. The molecule has 0 atom stereocenters. The minimum atomic E-state index is 0.798. The van der Waals surface area contributed by atoms with Crippen LogP contribution in [0.25, 0.3) is 10.9 Å². The van der Waals surface area contributed by atoms with Crippen LogP contribution in [0.4, 0.5) is 0 Å². The number of H-pyrrole nitrogens is 1. The van der Waals surface area contributed by atoms with Crippen LogP contribution in [0.15, 0.2) is 22.7 Å². The van der Waals surface area contributed by atoms with E-state index in [1.54, 1.807) is 0 Å². The van der Waals surface area contributed by atoms with E-state index >= 15 is 0 Å². The van der Waals surface area contributed by atoms with E-state index < -0.39 is 0 Å². The Balaban J connectivity index is 1.86. The minimum absolute atomic E-state index is 0.798. The molecule has 2 N–H and O–H groups in total. The van der Waals surface area contributed by atoms with Crippen molar-refractivity contribution in [2.24, 2.45) is 0 Å². The van der Waals surface area contributed by atoms with Crippen LogP contribution < -0.4 is 5.32 Å². The Labute approximate surface area is 110 Å². The molecule has 0 saturated heterocycles. The Kier molecular flexibility index (Phi) is 2.97. The molecule has 17 heavy (non-hydrogen) atoms. The predicted molar refractivity (Wildman–Crippen MR) is 75.5 cm³/mol. The lowest BCUT2D eigenvalue weighted by atomic mass is 10.1. The summed E-state index contributed by atoms with van der Waals surface area (Å²) in [6.07, 6.45) is 3.83. The van der Waals surface area contributed by atoms with Gasteiger partial charge in [0.1, 0.15) is 0 Å². The van der Waals surface area contributed by atoms with Crippen LogP contribution in [0, 0.1) is 6.92 Å². The molecule has 3 rings (SSSR count). The van der Waals surface area contributed by atoms with E-state index in [1.165, 1.54) is 35.0 Å². The third-order valence-corrected chi connectivity index (χ3v) is 4.15. The molecule has 2 nitrogen and oxygen atoms in total. The van der Waals surface area contributed by atoms with Crippen molar-refractivity contribution in [1.29, 1.82) is 0 Å². The summed E-state index contributed by atoms with van der Waals surface area (Å²) in [6, 6.07) is 7.20. The smallest absolute Gasteiger partial charge is 0.0603 e. The van der Waals surface area contributed by atoms with Crippen LogP contribution >= 0.6 is 15.9 Å². The van der Waals surface area contributed by atoms with Gasteiger partial charge in [-0.25, -0.2) is 0 Å². The third-order valence-electron chi connectivity index (χ3n) is 3.49. The number of rotatable bonds is 4. The second-order valence-electron chi connectivity index (χ2n) is 4.87. The van der Waals surface area contributed by atoms with E-state index in [4.69, 9.17) is 0 Å². The number of para-hydroxylation sites is 1. The van der Waals surface area contributed by atoms with E-state index in [1.807, 2.05) is 0 Å². The van der Waals surface area contributed by atoms with Gasteiger partial charge in [0, 0.05) is 21.6 Å². The zero-order valence-electron chi connectivity index (χ0n) is 10.0. The second kappa shape index (κ2) is 4.46. The van der Waals surface area contributed by atoms with E-state index in [2.05, 4.69) is 51.4 Å². The van der Waals surface area contributed by atoms with Gasteiger partial charge in [0.05, 0.1) is 5.52 Å². The van der Waals surface area contributed by atoms with Crippen LogP contribution in [-0.4, -0.2) is 17.6 Å². The van der Waals surface area contributed by atoms with E-state index in [0.717, 1.165) is 23.5 Å². The molecule has 1 fully saturated rings. The fraction of sp³-hybridized carbons (Fsp3) is 0.429. The van der Waals surface area contributed by atoms with Crippen molar-refractivity contribution >= 4 is 26.8 Å². The van der Waals surface area contributed by atoms with Gasteiger partial charge >= 0.3 is 0 Å². The van der Waals surface area contributed by atoms with Gasteiger partial charge in [-0.05, 0) is 60.3 Å². The maximum Gasteiger partial charge on any atom is 0.0603 e. The van der Waals surface area contributed by atoms with Gasteiger partial charge in [-0.1, -0.05) is 12.1 Å². The topological polar surface area (TPSA) is 27.8 Å². The fourth-order valence-corrected chi connectivity index (χ4v) is 2.84. The van der Waals surface area contributed by atoms with Crippen molar-refractivity contribution in [3.8, 4) is 0 Å². The Morgan fingerprint density at radius 1 is 1.41 bits per heavy atom. The summed E-state index contributed by atoms with van der Waals surface area (Å²) in [7, 11) is 0. The highest BCUT2D eigenvalue weighted by atomic mass is 79.9. The molecule has 1 heterocycles. The lowest BCUT2D eigenvalue weighted by Gasteiger charge is -2.03. The van der Waals surface area contributed by atoms with Crippen molar-refractivity contribution in [3.05, 3.63) is 33.9 Å². The lowest BCUT2D eigenvalue weighted by Crippen LogP contribution is -2.19. The first-order valence-corrected chi connectivity index (χ1v) is 7.04. The van der Waals surface area contributed by atoms with Crippen LogP contribution in [0.3, 0.4) is 0 Å². The van der Waals surface area contributed by atoms with Crippen LogP contribution in [0.1, 0.15) is 24.1 Å². The van der Waals surface area contributed by atoms with Gasteiger partial charge in [0.2, 0.25) is 0 Å². The molecule has 0 spiro atoms. The summed E-state index contributed by atoms with van der Waals surface area (Å²) in [4.78, 5) is 3.47. The van der Waals surface area contributed by atoms with E-state index in [-0.39, 0.29) is 0 Å². The first-order valence-electron chi connectivity index (χ1n) is 6.25. The first kappa shape index (κ1) is 11.3. The van der Waals surface area contributed by atoms with Crippen molar-refractivity contribution < 1.29 is 0 Å². The molecule has 2 aromatic rings. The zero-order valence-corrected chi connectivity index (χ0v) is 11.6. The largest absolute Gasteiger partial charge is 0.357 e. The molecule has 1 aromatic carbocycles. The molecule has 1 aliphatic carbocycles. The number of aryl methyl sites for hydroxylation is 1. The van der Waals surface area contributed by atoms with Crippen molar-refractivity contribution in [2.45, 2.75) is 32.2 Å². The minimum Gasteiger partial charge on any atom is -0.357 e. The fourth-order valence-electron chi connectivity index (χ4n) is 2.38. The van der Waals surface area contributed by atoms with Crippen LogP contribution in [0.5, 0.6) is 0 Å². The maximum absolute atomic E-state index is 3.60. The number of aromatic amines is 1. The number of aromatic nitrogens is 1. The van der Waals surface area contributed by atoms with Crippen molar-refractivity contribution in [3.63, 3.8) is 0 Å². The van der Waals surface area contributed by atoms with Crippen LogP contribution in [-0.2, 0) is 6.42 Å². The highest BCUT2D eigenvalue weighted by Gasteiger charge is 2.20. The molecule has 90 valence electrons. The quantitative estimate of drug-likeness (QED) is 0.886. The molecule has 1 aromatic heterocycles. The summed E-state index contributed by atoms with van der Waals surface area (Å²) in [6.45, 7) is 3.25. The Bertz CT molecular complexity index is 540. The summed E-state index contributed by atoms with van der Waals surface area (Å²) in [5.41, 5.74) is 3.98. The molecule has 0 bridgehead atoms. The van der Waals surface area contributed by atoms with Crippen molar-refractivity contribution in [2.75, 3.05) is 6.54 Å². The van der Waals surface area contributed by atoms with Crippen LogP contribution in [0.2, 0.25) is 0 Å². The first-order chi connectivity index (χ1) is 8.25. The average Bonchev–Trinajstić information content (AvgIpc) is 3.06. The monoisotopic (exact) mass is 292 g/mol. The number of benzene rings is 1. The molecule has 1 aliphatic rings. The van der Waals surface area contributed by atoms with Gasteiger partial charge in [0.15, 0.2) is 0 Å². The number of nitrogens with one attached hydrogen (secondary N) is 2. The standard InChI is InChI=1S/C14H17BrN2/c1-9-11(7-8-16-10-5-6-10)12-3-2-4-13(15)14(12)17-9/h2-4,10,16-17H,5-8H2,1H3. The molecule has 0 amide bonds. The molecular weight excluding hydrogens is 276 g/mol. The highest BCUT2D eigenvalue weighted by Crippen LogP contribution is 2.28. The van der Waals surface area contributed by atoms with Gasteiger partial charge in [-0.2, -0.15) is 0 Å². The molecule has 0 unspecified atom stereocenters. The molecule has 0 aliphatic heterocycles. The normalized spacial score (nSPS) is 15.6. The molecule has 0 radical (unpaired) electrons. The number of fused-ring (bicyclic) bond motifs is 1. The maximum atomic E-state index is 3.60. The number of hydrogen-bond donors (Lipinski definition) is 2. The lowest BCUT2D eigenvalue weighted by molar-refractivity contribution is 0.682. The zero-order chi connectivity index (χ0) is 11.8. The van der Waals surface area contributed by atoms with Gasteiger partial charge in [-0.15, -0.1) is 0 Å². The van der Waals surface area contributed by atoms with Crippen molar-refractivity contribution in [1.82, 2.24) is 10.3 Å². The van der Waals surface area contributed by atoms with E-state index in [0.29, 0.717) is 0 Å². The molecule has 3 heteroatoms. The predicted octanol–water partition coefficient (Wildman–Crippen LogP) is 3.53.